The molecule has 0 aliphatic heterocycles. The Morgan fingerprint density at radius 1 is 0.865 bits per heavy atom. The van der Waals surface area contributed by atoms with Gasteiger partial charge in [0.25, 0.3) is 10.0 Å². The maximum atomic E-state index is 13.8. The molecule has 10 heteroatoms. The zero-order chi connectivity index (χ0) is 27.2. The van der Waals surface area contributed by atoms with Crippen LogP contribution in [0.15, 0.2) is 83.8 Å². The molecule has 0 saturated heterocycles. The van der Waals surface area contributed by atoms with E-state index in [1.165, 1.54) is 23.1 Å². The molecule has 7 nitrogen and oxygen atoms in total. The molecule has 0 spiro atoms. The van der Waals surface area contributed by atoms with Gasteiger partial charge in [0.1, 0.15) is 12.6 Å². The summed E-state index contributed by atoms with van der Waals surface area (Å²) in [6.07, 6.45) is 0. The van der Waals surface area contributed by atoms with Crippen molar-refractivity contribution in [1.82, 2.24) is 10.2 Å². The van der Waals surface area contributed by atoms with Crippen molar-refractivity contribution in [3.05, 3.63) is 94.5 Å². The summed E-state index contributed by atoms with van der Waals surface area (Å²) in [6, 6.07) is 20.0. The second-order valence-corrected chi connectivity index (χ2v) is 11.5. The lowest BCUT2D eigenvalue weighted by Gasteiger charge is -2.32. The number of anilines is 1. The summed E-state index contributed by atoms with van der Waals surface area (Å²) in [6.45, 7) is 4.80. The molecule has 3 aromatic carbocycles. The monoisotopic (exact) mass is 561 g/mol. The Morgan fingerprint density at radius 2 is 1.51 bits per heavy atom. The second kappa shape index (κ2) is 12.4. The summed E-state index contributed by atoms with van der Waals surface area (Å²) in [5.41, 5.74) is 0.970. The molecule has 3 aromatic rings. The Balaban J connectivity index is 2.01. The summed E-state index contributed by atoms with van der Waals surface area (Å²) in [7, 11) is -4.13. The molecule has 3 rings (SSSR count). The fourth-order valence-corrected chi connectivity index (χ4v) is 5.39. The van der Waals surface area contributed by atoms with E-state index in [-0.39, 0.29) is 29.1 Å². The van der Waals surface area contributed by atoms with Crippen molar-refractivity contribution in [2.24, 2.45) is 0 Å². The number of rotatable bonds is 10. The van der Waals surface area contributed by atoms with Crippen LogP contribution in [-0.2, 0) is 26.2 Å². The number of carbonyl (C=O) groups excluding carboxylic acids is 2. The predicted molar refractivity (Wildman–Crippen MR) is 147 cm³/mol. The van der Waals surface area contributed by atoms with E-state index in [1.54, 1.807) is 67.6 Å². The van der Waals surface area contributed by atoms with Gasteiger partial charge in [-0.2, -0.15) is 0 Å². The first-order valence-corrected chi connectivity index (χ1v) is 13.9. The van der Waals surface area contributed by atoms with Crippen molar-refractivity contribution in [2.45, 2.75) is 44.3 Å². The van der Waals surface area contributed by atoms with Crippen LogP contribution in [0.2, 0.25) is 10.0 Å². The minimum Gasteiger partial charge on any atom is -0.352 e. The molecule has 1 atom stereocenters. The number of nitrogens with zero attached hydrogens (tertiary/aromatic N) is 2. The summed E-state index contributed by atoms with van der Waals surface area (Å²) in [4.78, 5) is 28.0. The minimum atomic E-state index is -4.13. The van der Waals surface area contributed by atoms with Crippen LogP contribution >= 0.6 is 23.2 Å². The molecule has 0 aromatic heterocycles. The van der Waals surface area contributed by atoms with Gasteiger partial charge in [-0.25, -0.2) is 8.42 Å². The van der Waals surface area contributed by atoms with Crippen molar-refractivity contribution in [3.63, 3.8) is 0 Å². The van der Waals surface area contributed by atoms with Crippen molar-refractivity contribution < 1.29 is 18.0 Å². The minimum absolute atomic E-state index is 0.0256. The van der Waals surface area contributed by atoms with Crippen LogP contribution in [0, 0.1) is 0 Å². The van der Waals surface area contributed by atoms with Gasteiger partial charge >= 0.3 is 0 Å². The number of hydrogen-bond donors (Lipinski definition) is 1. The van der Waals surface area contributed by atoms with Gasteiger partial charge in [0.05, 0.1) is 10.6 Å². The highest BCUT2D eigenvalue weighted by Gasteiger charge is 2.32. The normalized spacial score (nSPS) is 12.2. The van der Waals surface area contributed by atoms with Gasteiger partial charge in [-0.05, 0) is 68.8 Å². The van der Waals surface area contributed by atoms with E-state index in [0.717, 1.165) is 9.87 Å². The van der Waals surface area contributed by atoms with Crippen LogP contribution in [0.1, 0.15) is 26.3 Å². The Labute approximate surface area is 228 Å². The van der Waals surface area contributed by atoms with Crippen molar-refractivity contribution in [2.75, 3.05) is 10.8 Å². The molecule has 0 fully saturated rings. The number of halogens is 2. The average Bonchev–Trinajstić information content (AvgIpc) is 2.86. The highest BCUT2D eigenvalue weighted by Crippen LogP contribution is 2.27. The zero-order valence-electron chi connectivity index (χ0n) is 20.8. The predicted octanol–water partition coefficient (Wildman–Crippen LogP) is 5.13. The fraction of sp³-hybridized carbons (Fsp3) is 0.259. The van der Waals surface area contributed by atoms with Gasteiger partial charge in [-0.3, -0.25) is 13.9 Å². The number of benzene rings is 3. The standard InChI is InChI=1S/C27H29Cl2N3O4S/c1-19(2)30-27(34)20(3)31(17-21-12-14-22(28)15-13-21)26(33)18-32(24-9-7-8-23(29)16-24)37(35,36)25-10-5-4-6-11-25/h4-16,19-20H,17-18H2,1-3H3,(H,30,34)/t20-/m1/s1. The maximum absolute atomic E-state index is 13.8. The molecule has 0 unspecified atom stereocenters. The number of amides is 2. The first-order valence-electron chi connectivity index (χ1n) is 11.7. The SMILES string of the molecule is CC(C)NC(=O)[C@@H](C)N(Cc1ccc(Cl)cc1)C(=O)CN(c1cccc(Cl)c1)S(=O)(=O)c1ccccc1. The maximum Gasteiger partial charge on any atom is 0.264 e. The molecular formula is C27H29Cl2N3O4S. The smallest absolute Gasteiger partial charge is 0.264 e. The van der Waals surface area contributed by atoms with E-state index in [4.69, 9.17) is 23.2 Å². The fourth-order valence-electron chi connectivity index (χ4n) is 3.65. The van der Waals surface area contributed by atoms with E-state index in [2.05, 4.69) is 5.32 Å². The van der Waals surface area contributed by atoms with Crippen LogP contribution in [0.3, 0.4) is 0 Å². The van der Waals surface area contributed by atoms with Gasteiger partial charge in [-0.1, -0.05) is 59.6 Å². The first-order chi connectivity index (χ1) is 17.5. The molecule has 1 N–H and O–H groups in total. The molecule has 0 aliphatic carbocycles. The molecule has 0 radical (unpaired) electrons. The number of hydrogen-bond acceptors (Lipinski definition) is 4. The van der Waals surface area contributed by atoms with E-state index in [9.17, 15) is 18.0 Å². The quantitative estimate of drug-likeness (QED) is 0.371. The first kappa shape index (κ1) is 28.5. The van der Waals surface area contributed by atoms with Crippen molar-refractivity contribution >= 4 is 50.7 Å². The third-order valence-corrected chi connectivity index (χ3v) is 7.85. The Bertz CT molecular complexity index is 1330. The van der Waals surface area contributed by atoms with Crippen LogP contribution < -0.4 is 9.62 Å². The van der Waals surface area contributed by atoms with Gasteiger partial charge in [0.2, 0.25) is 11.8 Å². The van der Waals surface area contributed by atoms with E-state index < -0.39 is 28.5 Å². The third kappa shape index (κ3) is 7.47. The Hall–Kier alpha value is -3.07. The lowest BCUT2D eigenvalue weighted by atomic mass is 10.1. The molecule has 0 bridgehead atoms. The molecule has 37 heavy (non-hydrogen) atoms. The second-order valence-electron chi connectivity index (χ2n) is 8.79. The summed E-state index contributed by atoms with van der Waals surface area (Å²) in [5, 5.41) is 3.67. The molecular weight excluding hydrogens is 533 g/mol. The summed E-state index contributed by atoms with van der Waals surface area (Å²) in [5.74, 6) is -0.904. The van der Waals surface area contributed by atoms with Crippen LogP contribution in [-0.4, -0.2) is 43.8 Å². The third-order valence-electron chi connectivity index (χ3n) is 5.57. The van der Waals surface area contributed by atoms with Crippen molar-refractivity contribution in [1.29, 1.82) is 0 Å². The lowest BCUT2D eigenvalue weighted by Crippen LogP contribution is -2.52. The van der Waals surface area contributed by atoms with E-state index >= 15 is 0 Å². The molecule has 2 amide bonds. The van der Waals surface area contributed by atoms with Crippen LogP contribution in [0.5, 0.6) is 0 Å². The molecule has 0 aliphatic rings. The Morgan fingerprint density at radius 3 is 2.11 bits per heavy atom. The Kier molecular flexibility index (Phi) is 9.59. The lowest BCUT2D eigenvalue weighted by molar-refractivity contribution is -0.139. The average molecular weight is 563 g/mol. The summed E-state index contributed by atoms with van der Waals surface area (Å²) >= 11 is 12.2. The van der Waals surface area contributed by atoms with E-state index in [1.807, 2.05) is 13.8 Å². The van der Waals surface area contributed by atoms with Crippen molar-refractivity contribution in [3.8, 4) is 0 Å². The van der Waals surface area contributed by atoms with Crippen LogP contribution in [0.25, 0.3) is 0 Å². The number of nitrogens with one attached hydrogen (secondary N) is 1. The molecule has 196 valence electrons. The molecule has 0 heterocycles. The highest BCUT2D eigenvalue weighted by atomic mass is 35.5. The van der Waals surface area contributed by atoms with Gasteiger partial charge in [-0.15, -0.1) is 0 Å². The largest absolute Gasteiger partial charge is 0.352 e. The van der Waals surface area contributed by atoms with Gasteiger partial charge < -0.3 is 10.2 Å². The van der Waals surface area contributed by atoms with Crippen LogP contribution in [0.4, 0.5) is 5.69 Å². The van der Waals surface area contributed by atoms with Gasteiger partial charge in [0.15, 0.2) is 0 Å². The number of sulfonamides is 1. The topological polar surface area (TPSA) is 86.8 Å². The van der Waals surface area contributed by atoms with E-state index in [0.29, 0.717) is 10.0 Å². The van der Waals surface area contributed by atoms with Gasteiger partial charge in [0, 0.05) is 22.6 Å². The summed E-state index contributed by atoms with van der Waals surface area (Å²) < 4.78 is 28.3. The highest BCUT2D eigenvalue weighted by molar-refractivity contribution is 7.92. The number of carbonyl (C=O) groups is 2. The molecule has 0 saturated carbocycles. The zero-order valence-corrected chi connectivity index (χ0v) is 23.1.